The van der Waals surface area contributed by atoms with Crippen LogP contribution in [0.25, 0.3) is 0 Å². The Kier molecular flexibility index (Phi) is 24.4. The van der Waals surface area contributed by atoms with Gasteiger partial charge in [-0.25, -0.2) is 0 Å². The molecule has 0 aromatic heterocycles. The predicted molar refractivity (Wildman–Crippen MR) is 323 cm³/mol. The molecular formula is C65H106O31. The van der Waals surface area contributed by atoms with E-state index >= 15 is 0 Å². The van der Waals surface area contributed by atoms with Crippen molar-refractivity contribution < 1.29 is 154 Å². The van der Waals surface area contributed by atoms with Gasteiger partial charge in [-0.15, -0.1) is 0 Å². The number of allylic oxidation sites excluding steroid dienone is 3. The number of aliphatic hydroxyl groups excluding tert-OH is 17. The van der Waals surface area contributed by atoms with Crippen LogP contribution in [0.4, 0.5) is 0 Å². The number of aliphatic carboxylic acids is 1. The van der Waals surface area contributed by atoms with E-state index in [9.17, 15) is 96.7 Å². The summed E-state index contributed by atoms with van der Waals surface area (Å²) in [5.41, 5.74) is 0.915. The second-order valence-electron chi connectivity index (χ2n) is 29.8. The first-order chi connectivity index (χ1) is 45.4. The van der Waals surface area contributed by atoms with Gasteiger partial charge in [0.15, 0.2) is 37.7 Å². The number of fused-ring (bicyclic) bond motifs is 4. The number of ether oxygens (including phenoxy) is 12. The third-order valence-electron chi connectivity index (χ3n) is 23.7. The smallest absolute Gasteiger partial charge is 0.314 e. The summed E-state index contributed by atoms with van der Waals surface area (Å²) in [6, 6.07) is 0. The van der Waals surface area contributed by atoms with Crippen molar-refractivity contribution in [2.45, 2.75) is 285 Å². The van der Waals surface area contributed by atoms with Gasteiger partial charge in [0.25, 0.3) is 0 Å². The van der Waals surface area contributed by atoms with Gasteiger partial charge in [-0.05, 0) is 112 Å². The van der Waals surface area contributed by atoms with E-state index in [0.717, 1.165) is 37.7 Å². The van der Waals surface area contributed by atoms with E-state index in [1.54, 1.807) is 0 Å². The van der Waals surface area contributed by atoms with E-state index in [1.165, 1.54) is 11.1 Å². The van der Waals surface area contributed by atoms with Crippen molar-refractivity contribution in [2.24, 2.45) is 45.3 Å². The molecule has 0 bridgehead atoms. The van der Waals surface area contributed by atoms with Crippen LogP contribution in [-0.2, 0) is 61.6 Å². The van der Waals surface area contributed by atoms with Gasteiger partial charge in [0.1, 0.15) is 116 Å². The Labute approximate surface area is 556 Å². The number of rotatable bonds is 22. The van der Waals surface area contributed by atoms with Crippen molar-refractivity contribution in [1.29, 1.82) is 0 Å². The van der Waals surface area contributed by atoms with Crippen molar-refractivity contribution in [3.8, 4) is 0 Å². The highest BCUT2D eigenvalue weighted by atomic mass is 16.8. The molecule has 6 heterocycles. The highest BCUT2D eigenvalue weighted by molar-refractivity contribution is 5.82. The van der Waals surface area contributed by atoms with Gasteiger partial charge >= 0.3 is 5.97 Å². The number of carbonyl (C=O) groups is 1. The minimum absolute atomic E-state index is 0.0620. The quantitative estimate of drug-likeness (QED) is 0.0460. The highest BCUT2D eigenvalue weighted by Crippen LogP contribution is 2.73. The van der Waals surface area contributed by atoms with E-state index in [4.69, 9.17) is 56.8 Å². The number of carboxylic acid groups (broad SMARTS) is 1. The Bertz CT molecular complexity index is 2650. The Morgan fingerprint density at radius 3 is 1.67 bits per heavy atom. The van der Waals surface area contributed by atoms with Gasteiger partial charge in [-0.1, -0.05) is 57.4 Å². The molecule has 0 unspecified atom stereocenters. The maximum Gasteiger partial charge on any atom is 0.314 e. The van der Waals surface area contributed by atoms with Gasteiger partial charge in [-0.2, -0.15) is 0 Å². The van der Waals surface area contributed by atoms with Crippen molar-refractivity contribution in [2.75, 3.05) is 46.2 Å². The first kappa shape index (κ1) is 76.4. The van der Waals surface area contributed by atoms with Crippen LogP contribution in [0, 0.1) is 45.3 Å². The number of aliphatic hydroxyl groups is 17. The molecule has 0 aromatic rings. The number of carboxylic acids is 1. The summed E-state index contributed by atoms with van der Waals surface area (Å²) in [6.07, 6.45) is -41.0. The summed E-state index contributed by atoms with van der Waals surface area (Å²) >= 11 is 0. The second-order valence-corrected chi connectivity index (χ2v) is 29.8. The summed E-state index contributed by atoms with van der Waals surface area (Å²) in [6.45, 7) is 9.41. The van der Waals surface area contributed by atoms with Crippen LogP contribution in [0.15, 0.2) is 22.8 Å². The third kappa shape index (κ3) is 13.8. The monoisotopic (exact) mass is 1380 g/mol. The molecule has 4 aliphatic carbocycles. The van der Waals surface area contributed by atoms with E-state index in [2.05, 4.69) is 54.5 Å². The standard InChI is InChI=1S/C65H106O31/c1-26(2)9-8-10-27(3)29-14-18-65(61(83)84)31-11-12-38-62(4,5)39(15-16-63(38,6)30(31)13-17-64(29,65)7)91-59-54(96-56-47(80)43(76)41(74)35(21-68)88-56)51(33(72)25-86-59)93-58-49(82)50(28(19-66)34(20-67)87-58)92-57-48(81)45(78)52(37(23-70)90-57)94-60-53(44(77)42(75)36(22-69)89-60)95-55-46(79)40(73)32(71)24-85-55/h9,27-29,32-60,66-82H,8,10-25H2,1-7H3,(H,83,84)/t27-,28+,29-,32-,33+,34-,35-,36-,37-,38+,39+,40+,41+,42-,43+,44+,45-,46-,47-,48-,49-,50+,51+,52+,53-,54-,55+,56+,57+,58+,59+,60+,63-,64-,65+/m1/s1. The van der Waals surface area contributed by atoms with Crippen molar-refractivity contribution >= 4 is 5.97 Å². The van der Waals surface area contributed by atoms with Crippen molar-refractivity contribution in [3.05, 3.63) is 22.8 Å². The largest absolute Gasteiger partial charge is 0.481 e. The molecule has 10 rings (SSSR count). The summed E-state index contributed by atoms with van der Waals surface area (Å²) in [4.78, 5) is 14.1. The molecule has 0 aromatic carbocycles. The van der Waals surface area contributed by atoms with Gasteiger partial charge in [0.2, 0.25) is 0 Å². The van der Waals surface area contributed by atoms with E-state index in [0.29, 0.717) is 38.0 Å². The first-order valence-corrected chi connectivity index (χ1v) is 34.0. The van der Waals surface area contributed by atoms with Gasteiger partial charge in [0, 0.05) is 5.92 Å². The molecule has 552 valence electrons. The Morgan fingerprint density at radius 2 is 1.03 bits per heavy atom. The lowest BCUT2D eigenvalue weighted by Gasteiger charge is -2.62. The molecule has 18 N–H and O–H groups in total. The lowest BCUT2D eigenvalue weighted by Crippen LogP contribution is -2.67. The fourth-order valence-electron chi connectivity index (χ4n) is 18.3. The van der Waals surface area contributed by atoms with Crippen LogP contribution >= 0.6 is 0 Å². The molecule has 6 saturated heterocycles. The molecule has 10 aliphatic rings. The fraction of sp³-hybridized carbons (Fsp3) is 0.923. The van der Waals surface area contributed by atoms with Gasteiger partial charge in [-0.3, -0.25) is 4.79 Å². The first-order valence-electron chi connectivity index (χ1n) is 34.0. The van der Waals surface area contributed by atoms with Crippen LogP contribution in [0.2, 0.25) is 0 Å². The zero-order valence-corrected chi connectivity index (χ0v) is 55.4. The Balaban J connectivity index is 0.889. The fourth-order valence-corrected chi connectivity index (χ4v) is 18.3. The summed E-state index contributed by atoms with van der Waals surface area (Å²) in [5, 5.41) is 198. The molecule has 35 atom stereocenters. The molecule has 0 spiro atoms. The summed E-state index contributed by atoms with van der Waals surface area (Å²) in [7, 11) is 0. The molecule has 6 aliphatic heterocycles. The van der Waals surface area contributed by atoms with E-state index < -0.39 is 252 Å². The Morgan fingerprint density at radius 1 is 0.500 bits per heavy atom. The lowest BCUT2D eigenvalue weighted by atomic mass is 9.43. The zero-order valence-electron chi connectivity index (χ0n) is 55.4. The lowest BCUT2D eigenvalue weighted by molar-refractivity contribution is -0.401. The van der Waals surface area contributed by atoms with Crippen molar-refractivity contribution in [3.63, 3.8) is 0 Å². The zero-order chi connectivity index (χ0) is 70.0. The average Bonchev–Trinajstić information content (AvgIpc) is 1.32. The normalized spacial score (nSPS) is 50.1. The topological polar surface area (TPSA) is 492 Å². The van der Waals surface area contributed by atoms with Crippen LogP contribution in [0.1, 0.15) is 113 Å². The molecular weight excluding hydrogens is 1280 g/mol. The number of hydrogen-bond donors (Lipinski definition) is 18. The number of hydrogen-bond acceptors (Lipinski definition) is 30. The molecule has 31 nitrogen and oxygen atoms in total. The summed E-state index contributed by atoms with van der Waals surface area (Å²) < 4.78 is 72.9. The molecule has 31 heteroatoms. The van der Waals surface area contributed by atoms with Crippen LogP contribution in [0.5, 0.6) is 0 Å². The maximum atomic E-state index is 14.1. The molecule has 8 fully saturated rings. The van der Waals surface area contributed by atoms with Crippen LogP contribution in [-0.4, -0.2) is 316 Å². The van der Waals surface area contributed by atoms with E-state index in [-0.39, 0.29) is 11.8 Å². The minimum atomic E-state index is -2.20. The maximum absolute atomic E-state index is 14.1. The molecule has 96 heavy (non-hydrogen) atoms. The summed E-state index contributed by atoms with van der Waals surface area (Å²) in [5.74, 6) is -1.68. The van der Waals surface area contributed by atoms with Gasteiger partial charge in [0.05, 0.1) is 70.0 Å². The average molecular weight is 1380 g/mol. The highest BCUT2D eigenvalue weighted by Gasteiger charge is 2.69. The molecule has 0 amide bonds. The van der Waals surface area contributed by atoms with Crippen LogP contribution in [0.3, 0.4) is 0 Å². The predicted octanol–water partition coefficient (Wildman–Crippen LogP) is -3.99. The third-order valence-corrected chi connectivity index (χ3v) is 23.7. The molecule has 0 radical (unpaired) electrons. The van der Waals surface area contributed by atoms with E-state index in [1.807, 2.05) is 0 Å². The van der Waals surface area contributed by atoms with Crippen molar-refractivity contribution in [1.82, 2.24) is 0 Å². The molecule has 2 saturated carbocycles. The minimum Gasteiger partial charge on any atom is -0.481 e. The van der Waals surface area contributed by atoms with Crippen LogP contribution < -0.4 is 0 Å². The Hall–Kier alpha value is -2.21. The second kappa shape index (κ2) is 30.6. The SMILES string of the molecule is CC(C)=CCC[C@@H](C)[C@H]1CC[C@@]2(C(=O)O)C3=C(CC[C@]12C)[C@@]1(C)CC[C@H](O[C@@H]2OC[C@H](O)[C@H](O[C@@H]4O[C@H](CO)[C@H](CO)[C@H](O[C@@H]5O[C@H](CO)[C@H](O[C@@H]6O[C@H](CO)[C@@H](O)[C@H](O)[C@H]6O[C@@H]6OC[C@@H](O)[C@H](O)[C@H]6O)[C@H](O)[C@H]5O)[C@H]4O)[C@H]2O[C@@H]2O[C@H](CO)[C@H](O)[C@H](O)[C@H]2O)C(C)(C)[C@@H]1CC3. The van der Waals surface area contributed by atoms with Gasteiger partial charge < -0.3 is 149 Å².